The van der Waals surface area contributed by atoms with Crippen molar-refractivity contribution in [2.75, 3.05) is 39.6 Å². The number of carbonyl (C=O) groups excluding carboxylic acids is 4. The second kappa shape index (κ2) is 73.9. The van der Waals surface area contributed by atoms with Crippen LogP contribution in [0.5, 0.6) is 0 Å². The summed E-state index contributed by atoms with van der Waals surface area (Å²) in [6, 6.07) is 0. The molecule has 0 fully saturated rings. The Morgan fingerprint density at radius 3 is 0.680 bits per heavy atom. The molecule has 0 heterocycles. The molecule has 0 amide bonds. The first-order chi connectivity index (χ1) is 48.5. The lowest BCUT2D eigenvalue weighted by Crippen LogP contribution is -2.30. The van der Waals surface area contributed by atoms with Crippen molar-refractivity contribution in [1.82, 2.24) is 0 Å². The number of aliphatic hydroxyl groups is 1. The number of ether oxygens (including phenoxy) is 4. The number of esters is 4. The van der Waals surface area contributed by atoms with Gasteiger partial charge in [0.2, 0.25) is 0 Å². The molecular weight excluding hydrogens is 1310 g/mol. The van der Waals surface area contributed by atoms with Gasteiger partial charge in [0, 0.05) is 25.7 Å². The third-order valence-corrected chi connectivity index (χ3v) is 20.9. The van der Waals surface area contributed by atoms with E-state index in [1.54, 1.807) is 0 Å². The summed E-state index contributed by atoms with van der Waals surface area (Å²) in [5.41, 5.74) is 0. The summed E-state index contributed by atoms with van der Waals surface area (Å²) in [5.74, 6) is -1.34. The molecule has 19 heteroatoms. The van der Waals surface area contributed by atoms with Crippen LogP contribution in [-0.2, 0) is 65.4 Å². The van der Waals surface area contributed by atoms with Crippen LogP contribution in [-0.4, -0.2) is 96.7 Å². The van der Waals surface area contributed by atoms with E-state index in [2.05, 4.69) is 34.6 Å². The van der Waals surface area contributed by atoms with E-state index in [1.165, 1.54) is 257 Å². The highest BCUT2D eigenvalue weighted by Gasteiger charge is 2.30. The Morgan fingerprint density at radius 2 is 0.460 bits per heavy atom. The summed E-state index contributed by atoms with van der Waals surface area (Å²) < 4.78 is 68.7. The average molecular weight is 1470 g/mol. The summed E-state index contributed by atoms with van der Waals surface area (Å²) in [6.07, 6.45) is 65.1. The SMILES string of the molecule is CCCCCCCCCCCCCCCCCCCCCCC(=O)O[C@H](COC(=O)CCCCCCCCCCCCCCCCC)COP(=O)(O)OC[C@@H](O)COP(=O)(O)OC[C@@H](COC(=O)CCCCCCCCCCCCC)OC(=O)CCCCCCCCCCCCCC(C)C. The predicted molar refractivity (Wildman–Crippen MR) is 409 cm³/mol. The maximum Gasteiger partial charge on any atom is 0.472 e. The average Bonchev–Trinajstić information content (AvgIpc) is 0.935. The van der Waals surface area contributed by atoms with Crippen LogP contribution in [0, 0.1) is 5.92 Å². The van der Waals surface area contributed by atoms with Gasteiger partial charge in [0.1, 0.15) is 19.3 Å². The lowest BCUT2D eigenvalue weighted by Gasteiger charge is -2.21. The molecule has 0 spiro atoms. The van der Waals surface area contributed by atoms with Crippen LogP contribution in [0.2, 0.25) is 0 Å². The first kappa shape index (κ1) is 98.1. The fraction of sp³-hybridized carbons (Fsp3) is 0.951. The van der Waals surface area contributed by atoms with Gasteiger partial charge in [-0.2, -0.15) is 0 Å². The minimum Gasteiger partial charge on any atom is -0.462 e. The zero-order valence-electron chi connectivity index (χ0n) is 65.3. The molecule has 0 rings (SSSR count). The molecule has 0 aliphatic heterocycles. The molecule has 0 radical (unpaired) electrons. The highest BCUT2D eigenvalue weighted by atomic mass is 31.2. The maximum absolute atomic E-state index is 13.1. The summed E-state index contributed by atoms with van der Waals surface area (Å²) in [6.45, 7) is 7.33. The maximum atomic E-state index is 13.1. The highest BCUT2D eigenvalue weighted by molar-refractivity contribution is 7.47. The highest BCUT2D eigenvalue weighted by Crippen LogP contribution is 2.45. The second-order valence-electron chi connectivity index (χ2n) is 29.6. The minimum absolute atomic E-state index is 0.107. The summed E-state index contributed by atoms with van der Waals surface area (Å²) in [7, 11) is -9.92. The van der Waals surface area contributed by atoms with Crippen LogP contribution in [0.4, 0.5) is 0 Å². The summed E-state index contributed by atoms with van der Waals surface area (Å²) in [5, 5.41) is 10.6. The molecule has 0 aromatic heterocycles. The molecule has 0 saturated heterocycles. The number of carbonyl (C=O) groups is 4. The zero-order valence-corrected chi connectivity index (χ0v) is 67.1. The third-order valence-electron chi connectivity index (χ3n) is 19.0. The van der Waals surface area contributed by atoms with Gasteiger partial charge in [-0.15, -0.1) is 0 Å². The van der Waals surface area contributed by atoms with Crippen molar-refractivity contribution < 1.29 is 80.2 Å². The van der Waals surface area contributed by atoms with E-state index in [1.807, 2.05) is 0 Å². The van der Waals surface area contributed by atoms with Crippen LogP contribution in [0.25, 0.3) is 0 Å². The topological polar surface area (TPSA) is 237 Å². The van der Waals surface area contributed by atoms with E-state index in [-0.39, 0.29) is 25.7 Å². The molecular formula is C81H158O17P2. The predicted octanol–water partition coefficient (Wildman–Crippen LogP) is 24.4. The Balaban J connectivity index is 5.23. The molecule has 0 aromatic rings. The number of hydrogen-bond donors (Lipinski definition) is 3. The molecule has 17 nitrogen and oxygen atoms in total. The fourth-order valence-electron chi connectivity index (χ4n) is 12.6. The Bertz CT molecular complexity index is 1910. The van der Waals surface area contributed by atoms with Crippen molar-refractivity contribution >= 4 is 39.5 Å². The van der Waals surface area contributed by atoms with E-state index in [9.17, 15) is 43.2 Å². The Morgan fingerprint density at radius 1 is 0.270 bits per heavy atom. The lowest BCUT2D eigenvalue weighted by atomic mass is 10.0. The Hall–Kier alpha value is -1.94. The number of rotatable bonds is 81. The first-order valence-corrected chi connectivity index (χ1v) is 45.1. The lowest BCUT2D eigenvalue weighted by molar-refractivity contribution is -0.161. The van der Waals surface area contributed by atoms with Crippen molar-refractivity contribution in [3.05, 3.63) is 0 Å². The quantitative estimate of drug-likeness (QED) is 0.0222. The molecule has 594 valence electrons. The molecule has 0 aliphatic rings. The third kappa shape index (κ3) is 74.3. The number of unbranched alkanes of at least 4 members (excludes halogenated alkanes) is 53. The largest absolute Gasteiger partial charge is 0.472 e. The fourth-order valence-corrected chi connectivity index (χ4v) is 14.2. The molecule has 5 atom stereocenters. The zero-order chi connectivity index (χ0) is 73.4. The molecule has 3 N–H and O–H groups in total. The Labute approximate surface area is 613 Å². The van der Waals surface area contributed by atoms with E-state index >= 15 is 0 Å². The van der Waals surface area contributed by atoms with Gasteiger partial charge in [-0.3, -0.25) is 37.3 Å². The number of aliphatic hydroxyl groups excluding tert-OH is 1. The van der Waals surface area contributed by atoms with Crippen LogP contribution in [0.15, 0.2) is 0 Å². The van der Waals surface area contributed by atoms with E-state index in [4.69, 9.17) is 37.0 Å². The summed E-state index contributed by atoms with van der Waals surface area (Å²) in [4.78, 5) is 73.0. The smallest absolute Gasteiger partial charge is 0.462 e. The van der Waals surface area contributed by atoms with Crippen molar-refractivity contribution in [2.45, 2.75) is 451 Å². The molecule has 2 unspecified atom stereocenters. The van der Waals surface area contributed by atoms with Gasteiger partial charge in [-0.1, -0.05) is 381 Å². The van der Waals surface area contributed by atoms with Gasteiger partial charge < -0.3 is 33.8 Å². The van der Waals surface area contributed by atoms with Gasteiger partial charge in [0.05, 0.1) is 26.4 Å². The number of phosphoric acid groups is 2. The van der Waals surface area contributed by atoms with E-state index in [0.717, 1.165) is 95.8 Å². The van der Waals surface area contributed by atoms with Crippen LogP contribution < -0.4 is 0 Å². The summed E-state index contributed by atoms with van der Waals surface area (Å²) >= 11 is 0. The van der Waals surface area contributed by atoms with E-state index in [0.29, 0.717) is 25.7 Å². The molecule has 0 bridgehead atoms. The van der Waals surface area contributed by atoms with Crippen molar-refractivity contribution in [3.63, 3.8) is 0 Å². The first-order valence-electron chi connectivity index (χ1n) is 42.1. The van der Waals surface area contributed by atoms with Gasteiger partial charge in [0.25, 0.3) is 0 Å². The molecule has 0 saturated carbocycles. The standard InChI is InChI=1S/C81H158O17P2/c1-6-9-12-15-18-21-24-26-28-29-30-31-32-34-36-41-46-51-56-61-66-80(85)97-77(71-92-79(84)65-60-55-50-45-40-35-33-27-25-22-19-16-13-10-7-2)73-96-100(89,90)94-69-75(82)68-93-99(87,88)95-72-76(70-91-78(83)64-59-54-49-44-38-23-20-17-14-11-8-3)98-81(86)67-62-57-52-47-42-37-39-43-48-53-58-63-74(4)5/h74-77,82H,6-73H2,1-5H3,(H,87,88)(H,89,90)/t75-,76+,77+/m0/s1. The minimum atomic E-state index is -4.96. The van der Waals surface area contributed by atoms with Gasteiger partial charge in [-0.25, -0.2) is 9.13 Å². The molecule has 100 heavy (non-hydrogen) atoms. The second-order valence-corrected chi connectivity index (χ2v) is 32.5. The number of phosphoric ester groups is 2. The molecule has 0 aliphatic carbocycles. The van der Waals surface area contributed by atoms with Gasteiger partial charge in [0.15, 0.2) is 12.2 Å². The van der Waals surface area contributed by atoms with E-state index < -0.39 is 97.5 Å². The van der Waals surface area contributed by atoms with Crippen molar-refractivity contribution in [2.24, 2.45) is 5.92 Å². The number of hydrogen-bond acceptors (Lipinski definition) is 15. The molecule has 0 aromatic carbocycles. The Kier molecular flexibility index (Phi) is 72.5. The van der Waals surface area contributed by atoms with Crippen LogP contribution >= 0.6 is 15.6 Å². The van der Waals surface area contributed by atoms with Crippen LogP contribution in [0.1, 0.15) is 433 Å². The van der Waals surface area contributed by atoms with Gasteiger partial charge >= 0.3 is 39.5 Å². The van der Waals surface area contributed by atoms with Crippen molar-refractivity contribution in [1.29, 1.82) is 0 Å². The van der Waals surface area contributed by atoms with Crippen molar-refractivity contribution in [3.8, 4) is 0 Å². The monoisotopic (exact) mass is 1470 g/mol. The van der Waals surface area contributed by atoms with Gasteiger partial charge in [-0.05, 0) is 31.6 Å². The normalized spacial score (nSPS) is 13.8. The van der Waals surface area contributed by atoms with Crippen LogP contribution in [0.3, 0.4) is 0 Å².